The van der Waals surface area contributed by atoms with E-state index in [0.717, 1.165) is 33.3 Å². The van der Waals surface area contributed by atoms with E-state index in [4.69, 9.17) is 9.47 Å². The predicted molar refractivity (Wildman–Crippen MR) is 136 cm³/mol. The van der Waals surface area contributed by atoms with Crippen LogP contribution < -0.4 is 9.47 Å². The van der Waals surface area contributed by atoms with Gasteiger partial charge in [-0.25, -0.2) is 4.39 Å². The van der Waals surface area contributed by atoms with E-state index in [0.29, 0.717) is 17.9 Å². The normalized spacial score (nSPS) is 19.1. The van der Waals surface area contributed by atoms with Crippen molar-refractivity contribution in [1.29, 1.82) is 0 Å². The van der Waals surface area contributed by atoms with Gasteiger partial charge in [0, 0.05) is 35.1 Å². The maximum Gasteiger partial charge on any atom is 0.246 e. The number of aromatic amines is 1. The number of nitrogens with zero attached hydrogens (tertiary/aromatic N) is 2. The molecule has 2 atom stereocenters. The fraction of sp³-hybridized carbons (Fsp3) is 0.241. The zero-order valence-corrected chi connectivity index (χ0v) is 20.5. The molecule has 8 heteroatoms. The summed E-state index contributed by atoms with van der Waals surface area (Å²) in [7, 11) is 3.18. The van der Waals surface area contributed by atoms with E-state index in [1.165, 1.54) is 12.1 Å². The van der Waals surface area contributed by atoms with Crippen molar-refractivity contribution < 1.29 is 23.5 Å². The van der Waals surface area contributed by atoms with Crippen LogP contribution in [0.4, 0.5) is 4.39 Å². The number of nitrogens with one attached hydrogen (secondary N) is 1. The van der Waals surface area contributed by atoms with E-state index in [1.54, 1.807) is 36.2 Å². The number of fused-ring (bicyclic) bond motifs is 4. The fourth-order valence-corrected chi connectivity index (χ4v) is 5.65. The van der Waals surface area contributed by atoms with Crippen LogP contribution in [0, 0.1) is 5.82 Å². The largest absolute Gasteiger partial charge is 0.497 e. The molecule has 0 bridgehead atoms. The lowest BCUT2D eigenvalue weighted by molar-refractivity contribution is -0.159. The molecule has 188 valence electrons. The molecule has 1 N–H and O–H groups in total. The second kappa shape index (κ2) is 8.96. The molecule has 3 aromatic carbocycles. The molecule has 2 amide bonds. The third-order valence-electron chi connectivity index (χ3n) is 7.36. The van der Waals surface area contributed by atoms with Crippen LogP contribution in [0.5, 0.6) is 11.5 Å². The van der Waals surface area contributed by atoms with Gasteiger partial charge < -0.3 is 24.3 Å². The number of aromatic nitrogens is 1. The monoisotopic (exact) mass is 499 g/mol. The molecule has 1 aromatic heterocycles. The zero-order valence-electron chi connectivity index (χ0n) is 20.5. The molecule has 4 aromatic rings. The van der Waals surface area contributed by atoms with Crippen LogP contribution in [0.1, 0.15) is 28.4 Å². The first-order valence-electron chi connectivity index (χ1n) is 12.1. The minimum Gasteiger partial charge on any atom is -0.497 e. The lowest BCUT2D eigenvalue weighted by atomic mass is 9.85. The Morgan fingerprint density at radius 2 is 1.78 bits per heavy atom. The van der Waals surface area contributed by atoms with Gasteiger partial charge in [-0.3, -0.25) is 9.59 Å². The first-order chi connectivity index (χ1) is 18.0. The average Bonchev–Trinajstić information content (AvgIpc) is 3.29. The van der Waals surface area contributed by atoms with Crippen molar-refractivity contribution >= 4 is 22.7 Å². The maximum absolute atomic E-state index is 13.9. The summed E-state index contributed by atoms with van der Waals surface area (Å²) >= 11 is 0. The Balaban J connectivity index is 1.48. The molecule has 0 saturated carbocycles. The van der Waals surface area contributed by atoms with E-state index in [-0.39, 0.29) is 30.7 Å². The molecule has 2 unspecified atom stereocenters. The number of ether oxygens (including phenoxy) is 2. The molecule has 2 aliphatic rings. The third-order valence-corrected chi connectivity index (χ3v) is 7.36. The predicted octanol–water partition coefficient (Wildman–Crippen LogP) is 4.21. The summed E-state index contributed by atoms with van der Waals surface area (Å²) in [6.07, 6.45) is 0.395. The molecule has 37 heavy (non-hydrogen) atoms. The third kappa shape index (κ3) is 3.80. The SMILES string of the molecule is COc1ccc(OC)c(C2c3[nH]c4ccccc4c3CC3C(=O)N(Cc4ccc(F)cc4)CC(=O)N32)c1. The first-order valence-corrected chi connectivity index (χ1v) is 12.1. The van der Waals surface area contributed by atoms with Crippen molar-refractivity contribution in [1.82, 2.24) is 14.8 Å². The number of hydrogen-bond acceptors (Lipinski definition) is 4. The fourth-order valence-electron chi connectivity index (χ4n) is 5.65. The van der Waals surface area contributed by atoms with Crippen LogP contribution in [0.25, 0.3) is 10.9 Å². The average molecular weight is 500 g/mol. The molecule has 6 rings (SSSR count). The van der Waals surface area contributed by atoms with Gasteiger partial charge in [0.2, 0.25) is 11.8 Å². The van der Waals surface area contributed by atoms with Crippen molar-refractivity contribution in [3.63, 3.8) is 0 Å². The Morgan fingerprint density at radius 1 is 1.00 bits per heavy atom. The topological polar surface area (TPSA) is 74.9 Å². The van der Waals surface area contributed by atoms with E-state index >= 15 is 0 Å². The zero-order chi connectivity index (χ0) is 25.7. The molecule has 1 fully saturated rings. The number of benzene rings is 3. The van der Waals surface area contributed by atoms with E-state index in [1.807, 2.05) is 42.5 Å². The van der Waals surface area contributed by atoms with E-state index < -0.39 is 12.1 Å². The molecule has 0 radical (unpaired) electrons. The summed E-state index contributed by atoms with van der Waals surface area (Å²) in [5, 5.41) is 1.03. The van der Waals surface area contributed by atoms with Crippen molar-refractivity contribution in [2.24, 2.45) is 0 Å². The number of carbonyl (C=O) groups is 2. The summed E-state index contributed by atoms with van der Waals surface area (Å²) < 4.78 is 24.6. The second-order valence-corrected chi connectivity index (χ2v) is 9.41. The highest BCUT2D eigenvalue weighted by Crippen LogP contribution is 2.45. The highest BCUT2D eigenvalue weighted by atomic mass is 19.1. The van der Waals surface area contributed by atoms with Crippen molar-refractivity contribution in [3.05, 3.63) is 94.9 Å². The molecular formula is C29H26FN3O4. The Kier molecular flexibility index (Phi) is 5.59. The van der Waals surface area contributed by atoms with E-state index in [9.17, 15) is 14.0 Å². The van der Waals surface area contributed by atoms with Crippen LogP contribution in [0.3, 0.4) is 0 Å². The molecule has 3 heterocycles. The van der Waals surface area contributed by atoms with Crippen molar-refractivity contribution in [2.45, 2.75) is 25.0 Å². The Morgan fingerprint density at radius 3 is 2.54 bits per heavy atom. The van der Waals surface area contributed by atoms with Crippen LogP contribution in [-0.4, -0.2) is 53.4 Å². The lowest BCUT2D eigenvalue weighted by Gasteiger charge is -2.47. The lowest BCUT2D eigenvalue weighted by Crippen LogP contribution is -2.62. The summed E-state index contributed by atoms with van der Waals surface area (Å²) in [4.78, 5) is 34.5. The van der Waals surface area contributed by atoms with Crippen LogP contribution in [-0.2, 0) is 22.6 Å². The summed E-state index contributed by atoms with van der Waals surface area (Å²) in [6, 6.07) is 18.2. The van der Waals surface area contributed by atoms with Gasteiger partial charge in [-0.2, -0.15) is 0 Å². The van der Waals surface area contributed by atoms with E-state index in [2.05, 4.69) is 4.98 Å². The minimum atomic E-state index is -0.686. The van der Waals surface area contributed by atoms with Gasteiger partial charge in [0.05, 0.1) is 14.2 Å². The molecule has 0 aliphatic carbocycles. The van der Waals surface area contributed by atoms with Gasteiger partial charge in [0.15, 0.2) is 0 Å². The maximum atomic E-state index is 13.9. The number of methoxy groups -OCH3 is 2. The Labute approximate surface area is 213 Å². The summed E-state index contributed by atoms with van der Waals surface area (Å²) in [5.41, 5.74) is 4.34. The number of H-pyrrole nitrogens is 1. The standard InChI is InChI=1S/C29H26FN3O4/c1-36-19-11-12-25(37-2)22(13-19)28-27-21(20-5-3-4-6-23(20)31-27)14-24-29(35)32(16-26(34)33(24)28)15-17-7-9-18(30)10-8-17/h3-13,24,28,31H,14-16H2,1-2H3. The van der Waals surface area contributed by atoms with Crippen LogP contribution in [0.2, 0.25) is 0 Å². The minimum absolute atomic E-state index is 0.0644. The van der Waals surface area contributed by atoms with Gasteiger partial charge in [-0.1, -0.05) is 30.3 Å². The first kappa shape index (κ1) is 23.1. The van der Waals surface area contributed by atoms with Gasteiger partial charge >= 0.3 is 0 Å². The number of amides is 2. The summed E-state index contributed by atoms with van der Waals surface area (Å²) in [5.74, 6) is 0.595. The van der Waals surface area contributed by atoms with Gasteiger partial charge in [0.25, 0.3) is 0 Å². The molecule has 1 saturated heterocycles. The molecule has 0 spiro atoms. The summed E-state index contributed by atoms with van der Waals surface area (Å²) in [6.45, 7) is 0.175. The molecule has 2 aliphatic heterocycles. The molecular weight excluding hydrogens is 473 g/mol. The number of rotatable bonds is 5. The van der Waals surface area contributed by atoms with Crippen molar-refractivity contribution in [2.75, 3.05) is 20.8 Å². The number of piperazine rings is 1. The van der Waals surface area contributed by atoms with Crippen LogP contribution in [0.15, 0.2) is 66.7 Å². The van der Waals surface area contributed by atoms with Gasteiger partial charge in [-0.05, 0) is 47.5 Å². The van der Waals surface area contributed by atoms with Crippen molar-refractivity contribution in [3.8, 4) is 11.5 Å². The highest BCUT2D eigenvalue weighted by molar-refractivity contribution is 5.97. The van der Waals surface area contributed by atoms with Gasteiger partial charge in [-0.15, -0.1) is 0 Å². The number of halogens is 1. The quantitative estimate of drug-likeness (QED) is 0.447. The van der Waals surface area contributed by atoms with Crippen LogP contribution >= 0.6 is 0 Å². The number of carbonyl (C=O) groups excluding carboxylic acids is 2. The number of para-hydroxylation sites is 1. The molecule has 7 nitrogen and oxygen atoms in total. The highest BCUT2D eigenvalue weighted by Gasteiger charge is 2.48. The Bertz CT molecular complexity index is 1510. The number of hydrogen-bond donors (Lipinski definition) is 1. The van der Waals surface area contributed by atoms with Gasteiger partial charge in [0.1, 0.15) is 35.9 Å². The second-order valence-electron chi connectivity index (χ2n) is 9.41. The smallest absolute Gasteiger partial charge is 0.246 e. The Hall–Kier alpha value is -4.33.